The van der Waals surface area contributed by atoms with Crippen molar-refractivity contribution in [2.75, 3.05) is 5.32 Å². The van der Waals surface area contributed by atoms with Crippen LogP contribution in [0, 0.1) is 17.8 Å². The maximum atomic E-state index is 12.2. The third-order valence-corrected chi connectivity index (χ3v) is 5.07. The highest BCUT2D eigenvalue weighted by atomic mass is 79.9. The maximum Gasteiger partial charge on any atom is 0.228 e. The summed E-state index contributed by atoms with van der Waals surface area (Å²) in [6.45, 7) is 0. The molecule has 96 valence electrons. The molecule has 0 radical (unpaired) electrons. The van der Waals surface area contributed by atoms with Crippen molar-refractivity contribution in [2.45, 2.75) is 25.7 Å². The summed E-state index contributed by atoms with van der Waals surface area (Å²) in [6, 6.07) is 5.45. The van der Waals surface area contributed by atoms with E-state index < -0.39 is 0 Å². The second-order valence-electron chi connectivity index (χ2n) is 5.25. The predicted molar refractivity (Wildman–Crippen MR) is 76.7 cm³/mol. The monoisotopic (exact) mass is 327 g/mol. The number of hydrogen-bond donors (Lipinski definition) is 1. The molecule has 2 nitrogen and oxygen atoms in total. The van der Waals surface area contributed by atoms with Gasteiger partial charge in [-0.15, -0.1) is 0 Å². The number of rotatable bonds is 2. The molecule has 2 aliphatic rings. The lowest BCUT2D eigenvalue weighted by atomic mass is 10.0. The Hall–Kier alpha value is -0.540. The number of carbonyl (C=O) groups is 1. The van der Waals surface area contributed by atoms with Crippen LogP contribution in [-0.4, -0.2) is 5.91 Å². The minimum Gasteiger partial charge on any atom is -0.325 e. The molecule has 0 aliphatic heterocycles. The van der Waals surface area contributed by atoms with Crippen LogP contribution in [0.4, 0.5) is 5.69 Å². The highest BCUT2D eigenvalue weighted by Gasteiger charge is 2.54. The third kappa shape index (κ3) is 2.30. The zero-order chi connectivity index (χ0) is 12.7. The summed E-state index contributed by atoms with van der Waals surface area (Å²) in [5.41, 5.74) is 0.774. The van der Waals surface area contributed by atoms with Gasteiger partial charge in [0.05, 0.1) is 5.69 Å². The Morgan fingerprint density at radius 2 is 1.94 bits per heavy atom. The summed E-state index contributed by atoms with van der Waals surface area (Å²) in [5.74, 6) is 1.67. The Balaban J connectivity index is 1.69. The van der Waals surface area contributed by atoms with E-state index in [0.29, 0.717) is 16.9 Å². The van der Waals surface area contributed by atoms with Crippen LogP contribution in [0.2, 0.25) is 5.02 Å². The van der Waals surface area contributed by atoms with Crippen LogP contribution in [0.25, 0.3) is 0 Å². The van der Waals surface area contributed by atoms with Gasteiger partial charge in [0.25, 0.3) is 0 Å². The number of hydrogen-bond acceptors (Lipinski definition) is 1. The van der Waals surface area contributed by atoms with Gasteiger partial charge in [0.15, 0.2) is 0 Å². The molecule has 18 heavy (non-hydrogen) atoms. The van der Waals surface area contributed by atoms with E-state index in [1.165, 1.54) is 25.7 Å². The van der Waals surface area contributed by atoms with Gasteiger partial charge in [0.1, 0.15) is 0 Å². The van der Waals surface area contributed by atoms with E-state index in [4.69, 9.17) is 11.6 Å². The number of carbonyl (C=O) groups excluding carboxylic acids is 1. The average molecular weight is 329 g/mol. The van der Waals surface area contributed by atoms with Crippen molar-refractivity contribution in [3.63, 3.8) is 0 Å². The number of nitrogens with one attached hydrogen (secondary N) is 1. The molecule has 0 saturated heterocycles. The third-order valence-electron chi connectivity index (χ3n) is 4.15. The SMILES string of the molecule is O=C(Nc1cc(Cl)ccc1Br)C1C2CCCCC21. The largest absolute Gasteiger partial charge is 0.325 e. The smallest absolute Gasteiger partial charge is 0.228 e. The topological polar surface area (TPSA) is 29.1 Å². The lowest BCUT2D eigenvalue weighted by Crippen LogP contribution is -2.15. The summed E-state index contributed by atoms with van der Waals surface area (Å²) in [5, 5.41) is 3.64. The number of benzene rings is 1. The lowest BCUT2D eigenvalue weighted by Gasteiger charge is -2.07. The molecule has 1 aromatic rings. The first-order valence-electron chi connectivity index (χ1n) is 6.43. The zero-order valence-corrected chi connectivity index (χ0v) is 12.3. The molecule has 0 bridgehead atoms. The van der Waals surface area contributed by atoms with Crippen molar-refractivity contribution in [3.05, 3.63) is 27.7 Å². The van der Waals surface area contributed by atoms with Gasteiger partial charge < -0.3 is 5.32 Å². The van der Waals surface area contributed by atoms with E-state index in [-0.39, 0.29) is 11.8 Å². The van der Waals surface area contributed by atoms with E-state index in [9.17, 15) is 4.79 Å². The molecule has 0 spiro atoms. The van der Waals surface area contributed by atoms with Gasteiger partial charge in [-0.2, -0.15) is 0 Å². The Bertz CT molecular complexity index is 479. The van der Waals surface area contributed by atoms with Crippen molar-refractivity contribution < 1.29 is 4.79 Å². The lowest BCUT2D eigenvalue weighted by molar-refractivity contribution is -0.117. The molecule has 2 aliphatic carbocycles. The van der Waals surface area contributed by atoms with E-state index in [1.54, 1.807) is 12.1 Å². The minimum atomic E-state index is 0.162. The molecular weight excluding hydrogens is 314 g/mol. The predicted octanol–water partition coefficient (Wildman–Crippen LogP) is 4.48. The van der Waals surface area contributed by atoms with E-state index in [2.05, 4.69) is 21.2 Å². The fourth-order valence-corrected chi connectivity index (χ4v) is 3.71. The molecule has 2 unspecified atom stereocenters. The summed E-state index contributed by atoms with van der Waals surface area (Å²) in [6.07, 6.45) is 5.01. The molecule has 1 aromatic carbocycles. The maximum absolute atomic E-state index is 12.2. The van der Waals surface area contributed by atoms with E-state index >= 15 is 0 Å². The van der Waals surface area contributed by atoms with Crippen LogP contribution >= 0.6 is 27.5 Å². The molecule has 1 N–H and O–H groups in total. The van der Waals surface area contributed by atoms with Crippen molar-refractivity contribution >= 4 is 39.1 Å². The van der Waals surface area contributed by atoms with Gasteiger partial charge in [-0.1, -0.05) is 24.4 Å². The van der Waals surface area contributed by atoms with Crippen LogP contribution in [0.3, 0.4) is 0 Å². The van der Waals surface area contributed by atoms with Crippen molar-refractivity contribution in [1.29, 1.82) is 0 Å². The van der Waals surface area contributed by atoms with Gasteiger partial charge in [0, 0.05) is 15.4 Å². The summed E-state index contributed by atoms with van der Waals surface area (Å²) in [4.78, 5) is 12.2. The first-order valence-corrected chi connectivity index (χ1v) is 7.60. The second kappa shape index (κ2) is 4.86. The molecule has 1 amide bonds. The second-order valence-corrected chi connectivity index (χ2v) is 6.54. The molecule has 2 fully saturated rings. The molecule has 3 rings (SSSR count). The highest BCUT2D eigenvalue weighted by Crippen LogP contribution is 2.55. The Morgan fingerprint density at radius 1 is 1.28 bits per heavy atom. The highest BCUT2D eigenvalue weighted by molar-refractivity contribution is 9.10. The zero-order valence-electron chi connectivity index (χ0n) is 9.96. The molecule has 2 atom stereocenters. The van der Waals surface area contributed by atoms with Crippen molar-refractivity contribution in [2.24, 2.45) is 17.8 Å². The molecule has 0 aromatic heterocycles. The van der Waals surface area contributed by atoms with Crippen LogP contribution in [-0.2, 0) is 4.79 Å². The average Bonchev–Trinajstić information content (AvgIpc) is 3.08. The first-order chi connectivity index (χ1) is 8.66. The Kier molecular flexibility index (Phi) is 3.37. The molecule has 4 heteroatoms. The van der Waals surface area contributed by atoms with Gasteiger partial charge in [0.2, 0.25) is 5.91 Å². The first kappa shape index (κ1) is 12.5. The summed E-state index contributed by atoms with van der Waals surface area (Å²) in [7, 11) is 0. The summed E-state index contributed by atoms with van der Waals surface area (Å²) < 4.78 is 0.879. The summed E-state index contributed by atoms with van der Waals surface area (Å²) >= 11 is 9.38. The van der Waals surface area contributed by atoms with Gasteiger partial charge in [-0.3, -0.25) is 4.79 Å². The van der Waals surface area contributed by atoms with Crippen molar-refractivity contribution in [3.8, 4) is 0 Å². The van der Waals surface area contributed by atoms with Crippen LogP contribution in [0.1, 0.15) is 25.7 Å². The fourth-order valence-electron chi connectivity index (χ4n) is 3.19. The van der Waals surface area contributed by atoms with E-state index in [1.807, 2.05) is 6.07 Å². The minimum absolute atomic E-state index is 0.162. The number of halogens is 2. The van der Waals surface area contributed by atoms with Gasteiger partial charge in [-0.25, -0.2) is 0 Å². The number of anilines is 1. The fraction of sp³-hybridized carbons (Fsp3) is 0.500. The van der Waals surface area contributed by atoms with Crippen LogP contribution in [0.5, 0.6) is 0 Å². The Labute approximate surface area is 120 Å². The van der Waals surface area contributed by atoms with Crippen LogP contribution < -0.4 is 5.32 Å². The standard InChI is InChI=1S/C14H15BrClNO/c15-11-6-5-8(16)7-12(11)17-14(18)13-9-3-1-2-4-10(9)13/h5-7,9-10,13H,1-4H2,(H,17,18). The normalized spacial score (nSPS) is 29.6. The van der Waals surface area contributed by atoms with Crippen LogP contribution in [0.15, 0.2) is 22.7 Å². The van der Waals surface area contributed by atoms with Gasteiger partial charge >= 0.3 is 0 Å². The van der Waals surface area contributed by atoms with Crippen molar-refractivity contribution in [1.82, 2.24) is 0 Å². The molecule has 0 heterocycles. The molecule has 2 saturated carbocycles. The molecular formula is C14H15BrClNO. The van der Waals surface area contributed by atoms with E-state index in [0.717, 1.165) is 10.2 Å². The Morgan fingerprint density at radius 3 is 2.61 bits per heavy atom. The van der Waals surface area contributed by atoms with Gasteiger partial charge in [-0.05, 0) is 58.8 Å². The number of amides is 1. The quantitative estimate of drug-likeness (QED) is 0.852. The number of fused-ring (bicyclic) bond motifs is 1.